The van der Waals surface area contributed by atoms with Crippen LogP contribution in [0.5, 0.6) is 0 Å². The van der Waals surface area contributed by atoms with Gasteiger partial charge >= 0.3 is 0 Å². The van der Waals surface area contributed by atoms with Gasteiger partial charge in [0.2, 0.25) is 0 Å². The zero-order chi connectivity index (χ0) is 16.3. The lowest BCUT2D eigenvalue weighted by atomic mass is 9.50. The first kappa shape index (κ1) is 20.5. The van der Waals surface area contributed by atoms with Crippen molar-refractivity contribution >= 4 is 12.4 Å². The minimum absolute atomic E-state index is 0. The fourth-order valence-electron chi connectivity index (χ4n) is 6.16. The SMILES string of the molecule is CCCN(CCC)CC(O)COCC12CC3CC(CC(C3)C1)C2.Cl. The molecule has 142 valence electrons. The van der Waals surface area contributed by atoms with Gasteiger partial charge in [-0.2, -0.15) is 0 Å². The maximum Gasteiger partial charge on any atom is 0.0900 e. The summed E-state index contributed by atoms with van der Waals surface area (Å²) in [6, 6.07) is 0. The average Bonchev–Trinajstić information content (AvgIpc) is 2.46. The summed E-state index contributed by atoms with van der Waals surface area (Å²) >= 11 is 0. The molecular formula is C20H38ClNO2. The highest BCUT2D eigenvalue weighted by Crippen LogP contribution is 2.60. The fourth-order valence-corrected chi connectivity index (χ4v) is 6.16. The summed E-state index contributed by atoms with van der Waals surface area (Å²) < 4.78 is 6.06. The van der Waals surface area contributed by atoms with Crippen LogP contribution in [-0.4, -0.2) is 49.0 Å². The highest BCUT2D eigenvalue weighted by Gasteiger charge is 2.50. The molecule has 4 saturated carbocycles. The molecule has 0 heterocycles. The molecule has 0 amide bonds. The summed E-state index contributed by atoms with van der Waals surface area (Å²) in [7, 11) is 0. The van der Waals surface area contributed by atoms with Gasteiger partial charge in [-0.3, -0.25) is 0 Å². The van der Waals surface area contributed by atoms with Gasteiger partial charge in [-0.1, -0.05) is 13.8 Å². The minimum Gasteiger partial charge on any atom is -0.389 e. The Kier molecular flexibility index (Phi) is 7.86. The molecule has 0 aliphatic heterocycles. The zero-order valence-corrected chi connectivity index (χ0v) is 16.5. The van der Waals surface area contributed by atoms with Crippen molar-refractivity contribution in [2.24, 2.45) is 23.2 Å². The number of aliphatic hydroxyl groups excluding tert-OH is 1. The Morgan fingerprint density at radius 2 is 1.50 bits per heavy atom. The molecule has 4 fully saturated rings. The van der Waals surface area contributed by atoms with Gasteiger partial charge < -0.3 is 14.7 Å². The van der Waals surface area contributed by atoms with Gasteiger partial charge in [-0.05, 0) is 87.6 Å². The van der Waals surface area contributed by atoms with E-state index in [0.717, 1.165) is 56.8 Å². The van der Waals surface area contributed by atoms with Crippen molar-refractivity contribution in [2.45, 2.75) is 71.3 Å². The molecule has 0 aromatic heterocycles. The lowest BCUT2D eigenvalue weighted by Crippen LogP contribution is -2.48. The van der Waals surface area contributed by atoms with Gasteiger partial charge in [-0.15, -0.1) is 12.4 Å². The molecule has 0 aromatic rings. The molecule has 4 aliphatic rings. The highest BCUT2D eigenvalue weighted by molar-refractivity contribution is 5.85. The van der Waals surface area contributed by atoms with Crippen LogP contribution < -0.4 is 0 Å². The van der Waals surface area contributed by atoms with Crippen LogP contribution in [0, 0.1) is 23.2 Å². The molecule has 24 heavy (non-hydrogen) atoms. The maximum atomic E-state index is 10.3. The van der Waals surface area contributed by atoms with Gasteiger partial charge in [-0.25, -0.2) is 0 Å². The first-order valence-corrected chi connectivity index (χ1v) is 10.1. The fraction of sp³-hybridized carbons (Fsp3) is 1.00. The summed E-state index contributed by atoms with van der Waals surface area (Å²) in [5.74, 6) is 2.96. The van der Waals surface area contributed by atoms with E-state index in [1.165, 1.54) is 38.5 Å². The van der Waals surface area contributed by atoms with Gasteiger partial charge in [0.05, 0.1) is 19.3 Å². The van der Waals surface area contributed by atoms with E-state index in [0.29, 0.717) is 12.0 Å². The van der Waals surface area contributed by atoms with E-state index in [2.05, 4.69) is 18.7 Å². The topological polar surface area (TPSA) is 32.7 Å². The van der Waals surface area contributed by atoms with Gasteiger partial charge in [0, 0.05) is 6.54 Å². The molecule has 1 unspecified atom stereocenters. The Balaban J connectivity index is 0.00000208. The van der Waals surface area contributed by atoms with E-state index in [9.17, 15) is 5.11 Å². The van der Waals surface area contributed by atoms with Crippen molar-refractivity contribution in [3.05, 3.63) is 0 Å². The van der Waals surface area contributed by atoms with Crippen molar-refractivity contribution in [1.82, 2.24) is 4.90 Å². The number of nitrogens with zero attached hydrogens (tertiary/aromatic N) is 1. The van der Waals surface area contributed by atoms with E-state index in [4.69, 9.17) is 4.74 Å². The predicted molar refractivity (Wildman–Crippen MR) is 102 cm³/mol. The average molecular weight is 360 g/mol. The molecule has 0 spiro atoms. The lowest BCUT2D eigenvalue weighted by Gasteiger charge is -2.56. The van der Waals surface area contributed by atoms with Crippen LogP contribution in [0.3, 0.4) is 0 Å². The van der Waals surface area contributed by atoms with E-state index < -0.39 is 0 Å². The van der Waals surface area contributed by atoms with Crippen LogP contribution in [0.25, 0.3) is 0 Å². The molecule has 3 nitrogen and oxygen atoms in total. The summed E-state index contributed by atoms with van der Waals surface area (Å²) in [4.78, 5) is 2.37. The second-order valence-electron chi connectivity index (χ2n) is 8.89. The molecule has 4 rings (SSSR count). The summed E-state index contributed by atoms with van der Waals surface area (Å²) in [6.45, 7) is 8.76. The monoisotopic (exact) mass is 359 g/mol. The largest absolute Gasteiger partial charge is 0.389 e. The Morgan fingerprint density at radius 1 is 1.00 bits per heavy atom. The van der Waals surface area contributed by atoms with E-state index in [-0.39, 0.29) is 18.5 Å². The van der Waals surface area contributed by atoms with Crippen molar-refractivity contribution in [2.75, 3.05) is 32.8 Å². The quantitative estimate of drug-likeness (QED) is 0.636. The van der Waals surface area contributed by atoms with Gasteiger partial charge in [0.1, 0.15) is 0 Å². The van der Waals surface area contributed by atoms with Gasteiger partial charge in [0.15, 0.2) is 0 Å². The molecule has 0 radical (unpaired) electrons. The molecule has 1 atom stereocenters. The second kappa shape index (κ2) is 9.21. The Labute approximate surface area is 154 Å². The lowest BCUT2D eigenvalue weighted by molar-refractivity contribution is -0.107. The summed E-state index contributed by atoms with van der Waals surface area (Å²) in [5, 5.41) is 10.3. The summed E-state index contributed by atoms with van der Waals surface area (Å²) in [5.41, 5.74) is 0.473. The minimum atomic E-state index is -0.331. The third kappa shape index (κ3) is 5.09. The molecule has 1 N–H and O–H groups in total. The Morgan fingerprint density at radius 3 is 1.96 bits per heavy atom. The van der Waals surface area contributed by atoms with Crippen LogP contribution >= 0.6 is 12.4 Å². The van der Waals surface area contributed by atoms with Crippen LogP contribution in [0.1, 0.15) is 65.2 Å². The Hall–Kier alpha value is 0.170. The molecule has 0 aromatic carbocycles. The first-order chi connectivity index (χ1) is 11.1. The van der Waals surface area contributed by atoms with E-state index >= 15 is 0 Å². The maximum absolute atomic E-state index is 10.3. The highest BCUT2D eigenvalue weighted by atomic mass is 35.5. The molecule has 4 bridgehead atoms. The number of halogens is 1. The number of hydrogen-bond donors (Lipinski definition) is 1. The normalized spacial score (nSPS) is 35.2. The van der Waals surface area contributed by atoms with Crippen LogP contribution in [-0.2, 0) is 4.74 Å². The third-order valence-corrected chi connectivity index (χ3v) is 6.43. The second-order valence-corrected chi connectivity index (χ2v) is 8.89. The third-order valence-electron chi connectivity index (χ3n) is 6.43. The van der Waals surface area contributed by atoms with Crippen molar-refractivity contribution in [3.63, 3.8) is 0 Å². The molecule has 4 heteroatoms. The van der Waals surface area contributed by atoms with Crippen molar-refractivity contribution in [3.8, 4) is 0 Å². The number of rotatable bonds is 10. The van der Waals surface area contributed by atoms with Crippen LogP contribution in [0.15, 0.2) is 0 Å². The van der Waals surface area contributed by atoms with Gasteiger partial charge in [0.25, 0.3) is 0 Å². The van der Waals surface area contributed by atoms with E-state index in [1.807, 2.05) is 0 Å². The number of aliphatic hydroxyl groups is 1. The van der Waals surface area contributed by atoms with E-state index in [1.54, 1.807) is 0 Å². The number of hydrogen-bond acceptors (Lipinski definition) is 3. The zero-order valence-electron chi connectivity index (χ0n) is 15.7. The standard InChI is InChI=1S/C20H37NO2.ClH/c1-3-5-21(6-4-2)13-19(22)14-23-15-20-10-16-7-17(11-20)9-18(8-16)12-20;/h16-19,22H,3-15H2,1-2H3;1H. The van der Waals surface area contributed by atoms with Crippen molar-refractivity contribution < 1.29 is 9.84 Å². The Bertz CT molecular complexity index is 335. The molecular weight excluding hydrogens is 322 g/mol. The number of ether oxygens (including phenoxy) is 1. The molecule has 4 aliphatic carbocycles. The summed E-state index contributed by atoms with van der Waals surface area (Å²) in [6.07, 6.45) is 10.6. The molecule has 0 saturated heterocycles. The first-order valence-electron chi connectivity index (χ1n) is 10.1. The predicted octanol–water partition coefficient (Wildman–Crippen LogP) is 4.12. The van der Waals surface area contributed by atoms with Crippen molar-refractivity contribution in [1.29, 1.82) is 0 Å². The van der Waals surface area contributed by atoms with Crippen LogP contribution in [0.2, 0.25) is 0 Å². The smallest absolute Gasteiger partial charge is 0.0900 e. The van der Waals surface area contributed by atoms with Crippen LogP contribution in [0.4, 0.5) is 0 Å².